The van der Waals surface area contributed by atoms with Gasteiger partial charge in [-0.15, -0.1) is 0 Å². The molecule has 4 rings (SSSR count). The fourth-order valence-corrected chi connectivity index (χ4v) is 3.95. The number of carbonyl (C=O) groups excluding carboxylic acids is 1. The first-order chi connectivity index (χ1) is 14.0. The van der Waals surface area contributed by atoms with E-state index in [1.54, 1.807) is 13.2 Å². The van der Waals surface area contributed by atoms with Gasteiger partial charge in [-0.3, -0.25) is 19.3 Å². The molecule has 146 valence electrons. The molecular formula is C20H16N4O4S. The van der Waals surface area contributed by atoms with Gasteiger partial charge in [-0.2, -0.15) is 0 Å². The van der Waals surface area contributed by atoms with Crippen LogP contribution >= 0.6 is 11.3 Å². The fourth-order valence-electron chi connectivity index (χ4n) is 2.95. The van der Waals surface area contributed by atoms with Gasteiger partial charge < -0.3 is 10.1 Å². The molecule has 1 N–H and O–H groups in total. The molecule has 2 aromatic carbocycles. The minimum atomic E-state index is -0.499. The topological polar surface area (TPSA) is 98.8 Å². The number of nitro groups is 1. The summed E-state index contributed by atoms with van der Waals surface area (Å²) in [6, 6.07) is 13.4. The van der Waals surface area contributed by atoms with E-state index in [0.717, 1.165) is 22.7 Å². The van der Waals surface area contributed by atoms with Gasteiger partial charge in [-0.05, 0) is 37.3 Å². The van der Waals surface area contributed by atoms with Crippen molar-refractivity contribution in [2.24, 2.45) is 0 Å². The number of nitrogens with one attached hydrogen (secondary N) is 1. The van der Waals surface area contributed by atoms with E-state index in [1.807, 2.05) is 41.8 Å². The number of benzene rings is 2. The molecule has 0 aliphatic carbocycles. The Hall–Kier alpha value is -3.72. The van der Waals surface area contributed by atoms with Crippen molar-refractivity contribution in [1.29, 1.82) is 0 Å². The number of rotatable bonds is 5. The lowest BCUT2D eigenvalue weighted by molar-refractivity contribution is -0.384. The van der Waals surface area contributed by atoms with Crippen LogP contribution in [-0.2, 0) is 0 Å². The summed E-state index contributed by atoms with van der Waals surface area (Å²) >= 11 is 1.27. The number of thiazole rings is 1. The van der Waals surface area contributed by atoms with Crippen molar-refractivity contribution in [3.8, 4) is 17.0 Å². The molecule has 0 spiro atoms. The van der Waals surface area contributed by atoms with Gasteiger partial charge in [-0.1, -0.05) is 17.4 Å². The molecule has 1 amide bonds. The zero-order valence-electron chi connectivity index (χ0n) is 15.6. The molecule has 0 atom stereocenters. The van der Waals surface area contributed by atoms with Crippen LogP contribution in [0.4, 0.5) is 11.4 Å². The Morgan fingerprint density at radius 3 is 2.66 bits per heavy atom. The van der Waals surface area contributed by atoms with Gasteiger partial charge in [0.2, 0.25) is 0 Å². The predicted molar refractivity (Wildman–Crippen MR) is 111 cm³/mol. The minimum absolute atomic E-state index is 0.0790. The molecule has 0 aliphatic heterocycles. The Balaban J connectivity index is 1.60. The zero-order chi connectivity index (χ0) is 20.5. The van der Waals surface area contributed by atoms with Crippen molar-refractivity contribution in [3.05, 3.63) is 75.4 Å². The monoisotopic (exact) mass is 408 g/mol. The standard InChI is InChI=1S/C20H16N4O4S/c1-12-18(19(25)21-14-4-3-5-15(10-14)24(26)27)29-20-22-17(11-23(12)20)13-6-8-16(28-2)9-7-13/h3-11H,1-2H3,(H,21,25). The van der Waals surface area contributed by atoms with Gasteiger partial charge in [0.1, 0.15) is 10.6 Å². The summed E-state index contributed by atoms with van der Waals surface area (Å²) in [6.07, 6.45) is 1.88. The summed E-state index contributed by atoms with van der Waals surface area (Å²) in [5.74, 6) is 0.440. The predicted octanol–water partition coefficient (Wildman–Crippen LogP) is 4.54. The summed E-state index contributed by atoms with van der Waals surface area (Å²) in [7, 11) is 1.62. The van der Waals surface area contributed by atoms with Crippen LogP contribution in [0.15, 0.2) is 54.7 Å². The Bertz CT molecular complexity index is 1230. The Morgan fingerprint density at radius 2 is 2.00 bits per heavy atom. The molecule has 0 bridgehead atoms. The van der Waals surface area contributed by atoms with Crippen molar-refractivity contribution in [2.45, 2.75) is 6.92 Å². The number of nitrogens with zero attached hydrogens (tertiary/aromatic N) is 3. The van der Waals surface area contributed by atoms with Gasteiger partial charge in [0, 0.05) is 35.3 Å². The van der Waals surface area contributed by atoms with Gasteiger partial charge in [0.25, 0.3) is 11.6 Å². The Morgan fingerprint density at radius 1 is 1.24 bits per heavy atom. The Kier molecular flexibility index (Phi) is 4.73. The molecule has 0 saturated heterocycles. The second-order valence-electron chi connectivity index (χ2n) is 6.29. The van der Waals surface area contributed by atoms with Crippen LogP contribution in [0, 0.1) is 17.0 Å². The first-order valence-corrected chi connectivity index (χ1v) is 9.46. The SMILES string of the molecule is COc1ccc(-c2cn3c(C)c(C(=O)Nc4cccc([N+](=O)[O-])c4)sc3n2)cc1. The Labute approximate surface area is 169 Å². The lowest BCUT2D eigenvalue weighted by atomic mass is 10.2. The van der Waals surface area contributed by atoms with Crippen molar-refractivity contribution in [3.63, 3.8) is 0 Å². The third-order valence-electron chi connectivity index (χ3n) is 4.46. The zero-order valence-corrected chi connectivity index (χ0v) is 16.4. The van der Waals surface area contributed by atoms with Crippen molar-refractivity contribution in [2.75, 3.05) is 12.4 Å². The number of hydrogen-bond acceptors (Lipinski definition) is 6. The molecule has 0 saturated carbocycles. The van der Waals surface area contributed by atoms with E-state index in [1.165, 1.54) is 29.5 Å². The third kappa shape index (κ3) is 3.55. The number of aryl methyl sites for hydroxylation is 1. The molecule has 0 unspecified atom stereocenters. The number of ether oxygens (including phenoxy) is 1. The van der Waals surface area contributed by atoms with Crippen LogP contribution < -0.4 is 10.1 Å². The van der Waals surface area contributed by atoms with E-state index < -0.39 is 4.92 Å². The summed E-state index contributed by atoms with van der Waals surface area (Å²) in [6.45, 7) is 1.84. The van der Waals surface area contributed by atoms with Crippen LogP contribution in [0.5, 0.6) is 5.75 Å². The highest BCUT2D eigenvalue weighted by Gasteiger charge is 2.19. The average Bonchev–Trinajstić information content (AvgIpc) is 3.28. The van der Waals surface area contributed by atoms with Crippen LogP contribution in [0.2, 0.25) is 0 Å². The summed E-state index contributed by atoms with van der Waals surface area (Å²) in [4.78, 5) is 28.9. The molecular weight excluding hydrogens is 392 g/mol. The highest BCUT2D eigenvalue weighted by molar-refractivity contribution is 7.19. The summed E-state index contributed by atoms with van der Waals surface area (Å²) in [5, 5.41) is 13.6. The molecule has 0 aliphatic rings. The van der Waals surface area contributed by atoms with Gasteiger partial charge in [0.05, 0.1) is 17.7 Å². The van der Waals surface area contributed by atoms with Crippen LogP contribution in [0.1, 0.15) is 15.4 Å². The van der Waals surface area contributed by atoms with Gasteiger partial charge in [0.15, 0.2) is 4.96 Å². The normalized spacial score (nSPS) is 10.8. The first-order valence-electron chi connectivity index (χ1n) is 8.65. The number of aromatic nitrogens is 2. The van der Waals surface area contributed by atoms with Gasteiger partial charge in [-0.25, -0.2) is 4.98 Å². The first kappa shape index (κ1) is 18.6. The fraction of sp³-hybridized carbons (Fsp3) is 0.100. The van der Waals surface area contributed by atoms with E-state index >= 15 is 0 Å². The number of amides is 1. The lowest BCUT2D eigenvalue weighted by Crippen LogP contribution is -2.12. The molecule has 29 heavy (non-hydrogen) atoms. The number of non-ortho nitro benzene ring substituents is 1. The molecule has 8 nitrogen and oxygen atoms in total. The number of methoxy groups -OCH3 is 1. The van der Waals surface area contributed by atoms with Crippen molar-refractivity contribution < 1.29 is 14.5 Å². The summed E-state index contributed by atoms with van der Waals surface area (Å²) in [5.41, 5.74) is 2.79. The third-order valence-corrected chi connectivity index (χ3v) is 5.62. The number of carbonyl (C=O) groups is 1. The molecule has 4 aromatic rings. The number of imidazole rings is 1. The van der Waals surface area contributed by atoms with Crippen molar-refractivity contribution in [1.82, 2.24) is 9.38 Å². The second kappa shape index (κ2) is 7.36. The van der Waals surface area contributed by atoms with Crippen molar-refractivity contribution >= 4 is 33.6 Å². The molecule has 9 heteroatoms. The van der Waals surface area contributed by atoms with Crippen LogP contribution in [0.25, 0.3) is 16.2 Å². The van der Waals surface area contributed by atoms with E-state index in [9.17, 15) is 14.9 Å². The van der Waals surface area contributed by atoms with Crippen LogP contribution in [0.3, 0.4) is 0 Å². The largest absolute Gasteiger partial charge is 0.497 e. The number of hydrogen-bond donors (Lipinski definition) is 1. The van der Waals surface area contributed by atoms with E-state index in [4.69, 9.17) is 4.74 Å². The highest BCUT2D eigenvalue weighted by atomic mass is 32.1. The maximum absolute atomic E-state index is 12.7. The molecule has 0 radical (unpaired) electrons. The van der Waals surface area contributed by atoms with Gasteiger partial charge >= 0.3 is 0 Å². The maximum Gasteiger partial charge on any atom is 0.271 e. The summed E-state index contributed by atoms with van der Waals surface area (Å²) < 4.78 is 7.04. The molecule has 2 heterocycles. The number of fused-ring (bicyclic) bond motifs is 1. The van der Waals surface area contributed by atoms with Crippen LogP contribution in [-0.4, -0.2) is 27.3 Å². The number of anilines is 1. The smallest absolute Gasteiger partial charge is 0.271 e. The molecule has 2 aromatic heterocycles. The number of nitro benzene ring substituents is 1. The second-order valence-corrected chi connectivity index (χ2v) is 7.26. The van der Waals surface area contributed by atoms with E-state index in [-0.39, 0.29) is 11.6 Å². The maximum atomic E-state index is 12.7. The van der Waals surface area contributed by atoms with E-state index in [0.29, 0.717) is 15.5 Å². The van der Waals surface area contributed by atoms with E-state index in [2.05, 4.69) is 10.3 Å². The average molecular weight is 408 g/mol. The highest BCUT2D eigenvalue weighted by Crippen LogP contribution is 2.29. The molecule has 0 fully saturated rings. The minimum Gasteiger partial charge on any atom is -0.497 e. The lowest BCUT2D eigenvalue weighted by Gasteiger charge is -2.04. The quantitative estimate of drug-likeness (QED) is 0.386.